The van der Waals surface area contributed by atoms with Crippen LogP contribution in [0, 0.1) is 0 Å². The van der Waals surface area contributed by atoms with E-state index in [0.29, 0.717) is 5.13 Å². The first-order chi connectivity index (χ1) is 12.5. The number of nitrogens with one attached hydrogen (secondary N) is 1. The van der Waals surface area contributed by atoms with Crippen molar-refractivity contribution in [2.24, 2.45) is 0 Å². The molecule has 1 spiro atoms. The average molecular weight is 381 g/mol. The number of likely N-dealkylation sites (tertiary alicyclic amines) is 1. The zero-order valence-electron chi connectivity index (χ0n) is 15.6. The van der Waals surface area contributed by atoms with E-state index >= 15 is 0 Å². The molecule has 0 radical (unpaired) electrons. The molecule has 144 valence electrons. The third-order valence-corrected chi connectivity index (χ3v) is 6.27. The molecule has 9 heteroatoms. The molecule has 2 aliphatic rings. The second-order valence-corrected chi connectivity index (χ2v) is 8.24. The van der Waals surface area contributed by atoms with Gasteiger partial charge in [-0.1, -0.05) is 11.3 Å². The smallest absolute Gasteiger partial charge is 0.226 e. The van der Waals surface area contributed by atoms with E-state index < -0.39 is 0 Å². The van der Waals surface area contributed by atoms with Crippen LogP contribution < -0.4 is 5.32 Å². The number of likely N-dealkylation sites (N-methyl/N-ethyl adjacent to an activating group) is 1. The first-order valence-electron chi connectivity index (χ1n) is 9.22. The highest BCUT2D eigenvalue weighted by Gasteiger charge is 2.41. The van der Waals surface area contributed by atoms with E-state index in [4.69, 9.17) is 0 Å². The lowest BCUT2D eigenvalue weighted by molar-refractivity contribution is -0.134. The van der Waals surface area contributed by atoms with Gasteiger partial charge in [0.25, 0.3) is 0 Å². The largest absolute Gasteiger partial charge is 0.341 e. The lowest BCUT2D eigenvalue weighted by Crippen LogP contribution is -2.58. The Morgan fingerprint density at radius 1 is 1.19 bits per heavy atom. The zero-order chi connectivity index (χ0) is 18.6. The van der Waals surface area contributed by atoms with E-state index in [2.05, 4.69) is 39.4 Å². The first-order valence-corrected chi connectivity index (χ1v) is 10.1. The molecule has 0 aliphatic carbocycles. The van der Waals surface area contributed by atoms with Crippen LogP contribution in [0.2, 0.25) is 0 Å². The quantitative estimate of drug-likeness (QED) is 0.835. The zero-order valence-corrected chi connectivity index (χ0v) is 16.4. The summed E-state index contributed by atoms with van der Waals surface area (Å²) < 4.78 is 0. The maximum absolute atomic E-state index is 12.7. The normalized spacial score (nSPS) is 21.5. The van der Waals surface area contributed by atoms with Crippen LogP contribution in [0.25, 0.3) is 0 Å². The maximum atomic E-state index is 12.7. The first kappa shape index (κ1) is 19.2. The van der Waals surface area contributed by atoms with E-state index in [-0.39, 0.29) is 30.2 Å². The lowest BCUT2D eigenvalue weighted by atomic mass is 9.85. The molecule has 2 aliphatic heterocycles. The minimum absolute atomic E-state index is 0.0750. The van der Waals surface area contributed by atoms with E-state index in [1.807, 2.05) is 4.90 Å². The molecule has 1 N–H and O–H groups in total. The molecule has 2 saturated heterocycles. The van der Waals surface area contributed by atoms with Crippen LogP contribution in [0.15, 0.2) is 5.51 Å². The minimum atomic E-state index is -0.184. The summed E-state index contributed by atoms with van der Waals surface area (Å²) in [6.07, 6.45) is 3.57. The predicted octanol–water partition coefficient (Wildman–Crippen LogP) is 0.885. The van der Waals surface area contributed by atoms with Crippen molar-refractivity contribution in [3.05, 3.63) is 5.51 Å². The molecule has 1 aromatic heterocycles. The van der Waals surface area contributed by atoms with Crippen molar-refractivity contribution in [2.45, 2.75) is 37.6 Å². The number of carbonyl (C=O) groups is 2. The molecule has 1 aromatic rings. The van der Waals surface area contributed by atoms with Gasteiger partial charge in [-0.05, 0) is 46.4 Å². The van der Waals surface area contributed by atoms with Crippen LogP contribution in [0.5, 0.6) is 0 Å². The molecule has 0 aromatic carbocycles. The summed E-state index contributed by atoms with van der Waals surface area (Å²) in [7, 11) is 4.35. The number of anilines is 1. The van der Waals surface area contributed by atoms with Gasteiger partial charge >= 0.3 is 0 Å². The Labute approximate surface area is 158 Å². The Morgan fingerprint density at radius 2 is 1.96 bits per heavy atom. The number of hydrogen-bond acceptors (Lipinski definition) is 7. The fourth-order valence-electron chi connectivity index (χ4n) is 3.87. The fourth-order valence-corrected chi connectivity index (χ4v) is 4.33. The molecule has 3 rings (SSSR count). The van der Waals surface area contributed by atoms with Crippen molar-refractivity contribution in [3.63, 3.8) is 0 Å². The van der Waals surface area contributed by atoms with E-state index in [1.54, 1.807) is 5.51 Å². The van der Waals surface area contributed by atoms with Crippen LogP contribution in [0.4, 0.5) is 5.13 Å². The molecule has 0 bridgehead atoms. The molecule has 8 nitrogen and oxygen atoms in total. The van der Waals surface area contributed by atoms with E-state index in [9.17, 15) is 9.59 Å². The molecule has 0 unspecified atom stereocenters. The van der Waals surface area contributed by atoms with Gasteiger partial charge in [0.05, 0.1) is 0 Å². The summed E-state index contributed by atoms with van der Waals surface area (Å²) in [6, 6.07) is 0. The highest BCUT2D eigenvalue weighted by Crippen LogP contribution is 2.31. The Balaban J connectivity index is 1.55. The number of nitrogens with zero attached hydrogens (tertiary/aromatic N) is 5. The molecule has 26 heavy (non-hydrogen) atoms. The fraction of sp³-hybridized carbons (Fsp3) is 0.765. The summed E-state index contributed by atoms with van der Waals surface area (Å²) in [5.74, 6) is -0.109. The SMILES string of the molecule is CN1CCC2(CC1)CN(C(=O)CCC(=O)Nc1nncs1)CCCN2C. The molecule has 0 saturated carbocycles. The molecule has 2 amide bonds. The molecule has 0 atom stereocenters. The predicted molar refractivity (Wildman–Crippen MR) is 101 cm³/mol. The Hall–Kier alpha value is -1.58. The topological polar surface area (TPSA) is 81.7 Å². The van der Waals surface area contributed by atoms with Crippen molar-refractivity contribution in [3.8, 4) is 0 Å². The summed E-state index contributed by atoms with van der Waals surface area (Å²) >= 11 is 1.27. The average Bonchev–Trinajstić information content (AvgIpc) is 3.07. The number of aromatic nitrogens is 2. The van der Waals surface area contributed by atoms with Gasteiger partial charge in [-0.25, -0.2) is 0 Å². The third-order valence-electron chi connectivity index (χ3n) is 5.66. The Kier molecular flexibility index (Phi) is 6.20. The van der Waals surface area contributed by atoms with Gasteiger partial charge in [0.2, 0.25) is 16.9 Å². The second-order valence-electron chi connectivity index (χ2n) is 7.41. The molecule has 3 heterocycles. The van der Waals surface area contributed by atoms with Gasteiger partial charge in [-0.15, -0.1) is 10.2 Å². The van der Waals surface area contributed by atoms with Gasteiger partial charge < -0.3 is 15.1 Å². The maximum Gasteiger partial charge on any atom is 0.226 e. The van der Waals surface area contributed by atoms with Crippen molar-refractivity contribution >= 4 is 28.3 Å². The second kappa shape index (κ2) is 8.41. The molecular weight excluding hydrogens is 352 g/mol. The highest BCUT2D eigenvalue weighted by molar-refractivity contribution is 7.13. The summed E-state index contributed by atoms with van der Waals surface area (Å²) in [5, 5.41) is 10.6. The van der Waals surface area contributed by atoms with Crippen molar-refractivity contribution < 1.29 is 9.59 Å². The van der Waals surface area contributed by atoms with Crippen molar-refractivity contribution in [1.82, 2.24) is 24.9 Å². The highest BCUT2D eigenvalue weighted by atomic mass is 32.1. The van der Waals surface area contributed by atoms with Crippen LogP contribution in [0.1, 0.15) is 32.1 Å². The van der Waals surface area contributed by atoms with Crippen LogP contribution >= 0.6 is 11.3 Å². The molecular formula is C17H28N6O2S. The standard InChI is InChI=1S/C17H28N6O2S/c1-21-10-6-17(7-11-21)12-23(9-3-8-22(17)2)15(25)5-4-14(24)19-16-20-18-13-26-16/h13H,3-12H2,1-2H3,(H,19,20,24). The Morgan fingerprint density at radius 3 is 2.65 bits per heavy atom. The van der Waals surface area contributed by atoms with Crippen LogP contribution in [0.3, 0.4) is 0 Å². The van der Waals surface area contributed by atoms with E-state index in [0.717, 1.165) is 52.0 Å². The van der Waals surface area contributed by atoms with E-state index in [1.165, 1.54) is 11.3 Å². The van der Waals surface area contributed by atoms with Gasteiger partial charge in [0.15, 0.2) is 0 Å². The Bertz CT molecular complexity index is 615. The van der Waals surface area contributed by atoms with Gasteiger partial charge in [-0.2, -0.15) is 0 Å². The van der Waals surface area contributed by atoms with Crippen molar-refractivity contribution in [1.29, 1.82) is 0 Å². The number of rotatable bonds is 4. The van der Waals surface area contributed by atoms with Gasteiger partial charge in [0.1, 0.15) is 5.51 Å². The number of carbonyl (C=O) groups excluding carboxylic acids is 2. The van der Waals surface area contributed by atoms with Gasteiger partial charge in [0, 0.05) is 38.0 Å². The third kappa shape index (κ3) is 4.57. The minimum Gasteiger partial charge on any atom is -0.341 e. The molecule has 2 fully saturated rings. The number of amides is 2. The van der Waals surface area contributed by atoms with Crippen LogP contribution in [-0.4, -0.2) is 89.1 Å². The summed E-state index contributed by atoms with van der Waals surface area (Å²) in [5.41, 5.74) is 1.64. The monoisotopic (exact) mass is 380 g/mol. The van der Waals surface area contributed by atoms with Crippen molar-refractivity contribution in [2.75, 3.05) is 52.1 Å². The lowest BCUT2D eigenvalue weighted by Gasteiger charge is -2.47. The summed E-state index contributed by atoms with van der Waals surface area (Å²) in [6.45, 7) is 4.70. The summed E-state index contributed by atoms with van der Waals surface area (Å²) in [4.78, 5) is 31.5. The number of piperidine rings is 1. The van der Waals surface area contributed by atoms with Crippen LogP contribution in [-0.2, 0) is 9.59 Å². The van der Waals surface area contributed by atoms with Gasteiger partial charge in [-0.3, -0.25) is 14.5 Å². The number of hydrogen-bond donors (Lipinski definition) is 1.